The lowest BCUT2D eigenvalue weighted by atomic mass is 10.2. The number of benzene rings is 1. The van der Waals surface area contributed by atoms with Gasteiger partial charge in [0.2, 0.25) is 0 Å². The molecular weight excluding hydrogens is 289 g/mol. The summed E-state index contributed by atoms with van der Waals surface area (Å²) in [6.45, 7) is 5.26. The van der Waals surface area contributed by atoms with Gasteiger partial charge in [0, 0.05) is 6.07 Å². The van der Waals surface area contributed by atoms with Gasteiger partial charge in [0.25, 0.3) is 0 Å². The Morgan fingerprint density at radius 1 is 1.41 bits per heavy atom. The molecule has 0 saturated carbocycles. The molecule has 2 N–H and O–H groups in total. The van der Waals surface area contributed by atoms with Crippen molar-refractivity contribution in [3.05, 3.63) is 29.6 Å². The summed E-state index contributed by atoms with van der Waals surface area (Å²) in [5.74, 6) is 5.30. The molecule has 0 fully saturated rings. The summed E-state index contributed by atoms with van der Waals surface area (Å²) in [7, 11) is 0. The van der Waals surface area contributed by atoms with Crippen molar-refractivity contribution in [2.24, 2.45) is 0 Å². The second-order valence-corrected chi connectivity index (χ2v) is 5.37. The van der Waals surface area contributed by atoms with Gasteiger partial charge in [-0.2, -0.15) is 0 Å². The van der Waals surface area contributed by atoms with Crippen molar-refractivity contribution in [3.8, 4) is 17.6 Å². The van der Waals surface area contributed by atoms with Crippen molar-refractivity contribution >= 4 is 6.09 Å². The first-order valence-electron chi connectivity index (χ1n) is 6.81. The minimum absolute atomic E-state index is 0.0499. The normalized spacial score (nSPS) is 10.4. The Hall–Kier alpha value is -2.26. The third-order valence-electron chi connectivity index (χ3n) is 2.24. The number of alkyl carbamates (subject to hydrolysis) is 1. The van der Waals surface area contributed by atoms with E-state index in [1.807, 2.05) is 0 Å². The van der Waals surface area contributed by atoms with E-state index in [1.165, 1.54) is 18.2 Å². The zero-order valence-electron chi connectivity index (χ0n) is 12.9. The van der Waals surface area contributed by atoms with Crippen LogP contribution < -0.4 is 10.1 Å². The van der Waals surface area contributed by atoms with E-state index in [2.05, 4.69) is 17.2 Å². The molecule has 0 aromatic heterocycles. The van der Waals surface area contributed by atoms with Crippen molar-refractivity contribution < 1.29 is 23.8 Å². The van der Waals surface area contributed by atoms with E-state index in [9.17, 15) is 9.18 Å². The fourth-order valence-electron chi connectivity index (χ4n) is 1.44. The third kappa shape index (κ3) is 6.95. The number of nitrogens with one attached hydrogen (secondary N) is 1. The highest BCUT2D eigenvalue weighted by molar-refractivity contribution is 5.68. The van der Waals surface area contributed by atoms with Gasteiger partial charge in [-0.1, -0.05) is 11.8 Å². The van der Waals surface area contributed by atoms with Crippen LogP contribution in [0.4, 0.5) is 9.18 Å². The molecule has 0 spiro atoms. The van der Waals surface area contributed by atoms with Crippen LogP contribution >= 0.6 is 0 Å². The van der Waals surface area contributed by atoms with Crippen LogP contribution in [0.3, 0.4) is 0 Å². The zero-order valence-corrected chi connectivity index (χ0v) is 12.9. The van der Waals surface area contributed by atoms with E-state index in [0.717, 1.165) is 0 Å². The van der Waals surface area contributed by atoms with E-state index in [4.69, 9.17) is 14.6 Å². The summed E-state index contributed by atoms with van der Waals surface area (Å²) in [5, 5.41) is 11.2. The lowest BCUT2D eigenvalue weighted by Gasteiger charge is -2.19. The van der Waals surface area contributed by atoms with Gasteiger partial charge in [-0.25, -0.2) is 9.18 Å². The molecule has 22 heavy (non-hydrogen) atoms. The number of halogens is 1. The highest BCUT2D eigenvalue weighted by atomic mass is 19.1. The molecule has 1 aromatic carbocycles. The van der Waals surface area contributed by atoms with Crippen molar-refractivity contribution in [2.75, 3.05) is 19.8 Å². The second-order valence-electron chi connectivity index (χ2n) is 5.37. The van der Waals surface area contributed by atoms with E-state index in [-0.39, 0.29) is 25.5 Å². The van der Waals surface area contributed by atoms with Gasteiger partial charge in [0.1, 0.15) is 23.8 Å². The van der Waals surface area contributed by atoms with Crippen LogP contribution in [-0.4, -0.2) is 36.6 Å². The first kappa shape index (κ1) is 17.8. The summed E-state index contributed by atoms with van der Waals surface area (Å²) in [5.41, 5.74) is -0.0967. The third-order valence-corrected chi connectivity index (χ3v) is 2.24. The van der Waals surface area contributed by atoms with Crippen LogP contribution in [0, 0.1) is 17.7 Å². The number of amides is 1. The number of aliphatic hydroxyl groups excluding tert-OH is 1. The molecule has 0 unspecified atom stereocenters. The highest BCUT2D eigenvalue weighted by Crippen LogP contribution is 2.18. The maximum Gasteiger partial charge on any atom is 0.408 e. The number of carbonyl (C=O) groups excluding carboxylic acids is 1. The molecule has 0 radical (unpaired) electrons. The maximum atomic E-state index is 13.2. The largest absolute Gasteiger partial charge is 0.490 e. The molecule has 0 aliphatic rings. The number of rotatable bonds is 4. The van der Waals surface area contributed by atoms with Crippen LogP contribution in [0.25, 0.3) is 0 Å². The minimum atomic E-state index is -0.570. The minimum Gasteiger partial charge on any atom is -0.490 e. The molecule has 0 heterocycles. The van der Waals surface area contributed by atoms with Gasteiger partial charge >= 0.3 is 6.09 Å². The fraction of sp³-hybridized carbons (Fsp3) is 0.438. The van der Waals surface area contributed by atoms with Crippen LogP contribution in [0.5, 0.6) is 5.75 Å². The number of carbonyl (C=O) groups is 1. The summed E-state index contributed by atoms with van der Waals surface area (Å²) >= 11 is 0. The predicted octanol–water partition coefficient (Wildman–Crippen LogP) is 2.07. The Balaban J connectivity index is 2.62. The number of ether oxygens (including phenoxy) is 2. The molecule has 0 bridgehead atoms. The van der Waals surface area contributed by atoms with Crippen molar-refractivity contribution in [2.45, 2.75) is 26.4 Å². The van der Waals surface area contributed by atoms with Crippen LogP contribution in [0.1, 0.15) is 26.3 Å². The van der Waals surface area contributed by atoms with E-state index >= 15 is 0 Å². The van der Waals surface area contributed by atoms with Crippen LogP contribution in [-0.2, 0) is 4.74 Å². The highest BCUT2D eigenvalue weighted by Gasteiger charge is 2.15. The summed E-state index contributed by atoms with van der Waals surface area (Å²) in [6, 6.07) is 3.93. The topological polar surface area (TPSA) is 67.8 Å². The monoisotopic (exact) mass is 309 g/mol. The van der Waals surface area contributed by atoms with Crippen molar-refractivity contribution in [1.29, 1.82) is 0 Å². The smallest absolute Gasteiger partial charge is 0.408 e. The Bertz CT molecular complexity index is 570. The van der Waals surface area contributed by atoms with E-state index in [0.29, 0.717) is 5.56 Å². The van der Waals surface area contributed by atoms with E-state index in [1.54, 1.807) is 20.8 Å². The summed E-state index contributed by atoms with van der Waals surface area (Å²) in [4.78, 5) is 11.4. The zero-order chi connectivity index (χ0) is 16.6. The van der Waals surface area contributed by atoms with Crippen molar-refractivity contribution in [3.63, 3.8) is 0 Å². The van der Waals surface area contributed by atoms with Crippen molar-refractivity contribution in [1.82, 2.24) is 5.32 Å². The van der Waals surface area contributed by atoms with E-state index < -0.39 is 17.5 Å². The van der Waals surface area contributed by atoms with Gasteiger partial charge in [0.15, 0.2) is 0 Å². The SMILES string of the molecule is CC(C)(C)OC(=O)NCC#Cc1ccc(F)cc1OCCO. The average Bonchev–Trinajstić information content (AvgIpc) is 2.41. The maximum absolute atomic E-state index is 13.2. The molecule has 6 heteroatoms. The molecule has 0 saturated heterocycles. The Morgan fingerprint density at radius 3 is 2.77 bits per heavy atom. The van der Waals surface area contributed by atoms with Gasteiger partial charge in [0.05, 0.1) is 18.7 Å². The molecule has 0 aliphatic carbocycles. The van der Waals surface area contributed by atoms with Crippen LogP contribution in [0.15, 0.2) is 18.2 Å². The van der Waals surface area contributed by atoms with Gasteiger partial charge < -0.3 is 19.9 Å². The molecule has 1 amide bonds. The summed E-state index contributed by atoms with van der Waals surface area (Å²) in [6.07, 6.45) is -0.558. The molecule has 0 aliphatic heterocycles. The predicted molar refractivity (Wildman–Crippen MR) is 80.1 cm³/mol. The Kier molecular flexibility index (Phi) is 6.67. The summed E-state index contributed by atoms with van der Waals surface area (Å²) < 4.78 is 23.4. The average molecular weight is 309 g/mol. The second kappa shape index (κ2) is 8.25. The number of hydrogen-bond donors (Lipinski definition) is 2. The number of aliphatic hydroxyl groups is 1. The quantitative estimate of drug-likeness (QED) is 0.836. The fourth-order valence-corrected chi connectivity index (χ4v) is 1.44. The molecular formula is C16H20FNO4. The first-order chi connectivity index (χ1) is 10.3. The van der Waals surface area contributed by atoms with Gasteiger partial charge in [-0.05, 0) is 32.9 Å². The molecule has 120 valence electrons. The molecule has 5 nitrogen and oxygen atoms in total. The standard InChI is InChI=1S/C16H20FNO4/c1-16(2,3)22-15(20)18-8-4-5-12-6-7-13(17)11-14(12)21-10-9-19/h6-7,11,19H,8-10H2,1-3H3,(H,18,20). The van der Waals surface area contributed by atoms with Gasteiger partial charge in [-0.15, -0.1) is 0 Å². The van der Waals surface area contributed by atoms with Crippen LogP contribution in [0.2, 0.25) is 0 Å². The molecule has 1 rings (SSSR count). The Morgan fingerprint density at radius 2 is 2.14 bits per heavy atom. The molecule has 0 atom stereocenters. The lowest BCUT2D eigenvalue weighted by molar-refractivity contribution is 0.0535. The Labute approximate surface area is 129 Å². The molecule has 1 aromatic rings. The first-order valence-corrected chi connectivity index (χ1v) is 6.81. The lowest BCUT2D eigenvalue weighted by Crippen LogP contribution is -2.32. The number of hydrogen-bond acceptors (Lipinski definition) is 4. The van der Waals surface area contributed by atoms with Gasteiger partial charge in [-0.3, -0.25) is 0 Å².